The van der Waals surface area contributed by atoms with Crippen molar-refractivity contribution >= 4 is 23.4 Å². The summed E-state index contributed by atoms with van der Waals surface area (Å²) in [6, 6.07) is 3.97. The van der Waals surface area contributed by atoms with Gasteiger partial charge in [0, 0.05) is 13.0 Å². The highest BCUT2D eigenvalue weighted by atomic mass is 19.1. The van der Waals surface area contributed by atoms with Crippen molar-refractivity contribution in [1.82, 2.24) is 25.3 Å². The Bertz CT molecular complexity index is 1400. The molecule has 1 fully saturated rings. The Morgan fingerprint density at radius 2 is 1.97 bits per heavy atom. The van der Waals surface area contributed by atoms with Crippen molar-refractivity contribution < 1.29 is 27.5 Å². The van der Waals surface area contributed by atoms with E-state index in [2.05, 4.69) is 25.6 Å². The van der Waals surface area contributed by atoms with E-state index in [4.69, 9.17) is 20.7 Å². The van der Waals surface area contributed by atoms with E-state index in [0.29, 0.717) is 23.5 Å². The van der Waals surface area contributed by atoms with Gasteiger partial charge < -0.3 is 20.2 Å². The molecule has 3 heterocycles. The number of hydrogen-bond donors (Lipinski definition) is 4. The number of pyridine rings is 2. The lowest BCUT2D eigenvalue weighted by Crippen LogP contribution is -2.39. The molecule has 200 valence electrons. The Morgan fingerprint density at radius 1 is 1.24 bits per heavy atom. The Balaban J connectivity index is 1.46. The minimum atomic E-state index is -1.17. The van der Waals surface area contributed by atoms with Gasteiger partial charge in [-0.15, -0.1) is 0 Å². The summed E-state index contributed by atoms with van der Waals surface area (Å²) in [5, 5.41) is 6.13. The summed E-state index contributed by atoms with van der Waals surface area (Å²) < 4.78 is 38.0. The van der Waals surface area contributed by atoms with Crippen molar-refractivity contribution in [2.24, 2.45) is 11.6 Å². The second kappa shape index (κ2) is 10.8. The monoisotopic (exact) mass is 528 g/mol. The summed E-state index contributed by atoms with van der Waals surface area (Å²) >= 11 is 0. The fourth-order valence-corrected chi connectivity index (χ4v) is 3.48. The van der Waals surface area contributed by atoms with Gasteiger partial charge in [-0.1, -0.05) is 0 Å². The first-order chi connectivity index (χ1) is 18.0. The Labute approximate surface area is 216 Å². The van der Waals surface area contributed by atoms with Crippen molar-refractivity contribution in [3.8, 4) is 0 Å². The summed E-state index contributed by atoms with van der Waals surface area (Å²) in [4.78, 5) is 36.8. The lowest BCUT2D eigenvalue weighted by atomic mass is 10.2. The van der Waals surface area contributed by atoms with Crippen LogP contribution in [0.15, 0.2) is 40.8 Å². The number of rotatable bonds is 8. The average molecular weight is 529 g/mol. The third-order valence-corrected chi connectivity index (χ3v) is 5.67. The van der Waals surface area contributed by atoms with Crippen LogP contribution in [0.4, 0.5) is 19.3 Å². The molecule has 0 aliphatic heterocycles. The molecule has 3 aromatic rings. The first-order valence-corrected chi connectivity index (χ1v) is 11.5. The Morgan fingerprint density at radius 3 is 2.63 bits per heavy atom. The molecule has 1 saturated carbocycles. The summed E-state index contributed by atoms with van der Waals surface area (Å²) in [6.07, 6.45) is 1.88. The molecule has 2 amide bonds. The highest BCUT2D eigenvalue weighted by Gasteiger charge is 2.29. The minimum absolute atomic E-state index is 0.0245. The molecule has 0 spiro atoms. The lowest BCUT2D eigenvalue weighted by molar-refractivity contribution is 0.0993. The average Bonchev–Trinajstić information content (AvgIpc) is 3.60. The third-order valence-electron chi connectivity index (χ3n) is 5.67. The van der Waals surface area contributed by atoms with Gasteiger partial charge in [-0.3, -0.25) is 15.1 Å². The van der Waals surface area contributed by atoms with Gasteiger partial charge in [-0.2, -0.15) is 4.39 Å². The molecule has 4 rings (SSSR count). The van der Waals surface area contributed by atoms with Gasteiger partial charge in [0.25, 0.3) is 5.91 Å². The summed E-state index contributed by atoms with van der Waals surface area (Å²) in [5.74, 6) is 4.45. The number of ether oxygens (including phenoxy) is 1. The zero-order chi connectivity index (χ0) is 27.6. The minimum Gasteiger partial charge on any atom is -0.441 e. The van der Waals surface area contributed by atoms with Gasteiger partial charge in [-0.05, 0) is 44.9 Å². The van der Waals surface area contributed by atoms with Gasteiger partial charge in [0.05, 0.1) is 35.0 Å². The number of carbonyl (C=O) groups is 2. The maximum atomic E-state index is 13.9. The molecule has 14 heteroatoms. The number of halogens is 2. The Kier molecular flexibility index (Phi) is 7.52. The van der Waals surface area contributed by atoms with Gasteiger partial charge >= 0.3 is 6.09 Å². The summed E-state index contributed by atoms with van der Waals surface area (Å²) in [5.41, 5.74) is 7.01. The zero-order valence-electron chi connectivity index (χ0n) is 20.8. The highest BCUT2D eigenvalue weighted by molar-refractivity contribution is 6.02. The summed E-state index contributed by atoms with van der Waals surface area (Å²) in [6.45, 7) is 3.00. The molecule has 0 radical (unpaired) electrons. The van der Waals surface area contributed by atoms with Crippen LogP contribution in [0, 0.1) is 18.7 Å². The predicted octanol–water partition coefficient (Wildman–Crippen LogP) is 3.06. The number of nitrogens with two attached hydrogens (primary N) is 2. The van der Waals surface area contributed by atoms with Crippen LogP contribution in [-0.2, 0) is 4.74 Å². The van der Waals surface area contributed by atoms with Crippen molar-refractivity contribution in [1.29, 1.82) is 0 Å². The van der Waals surface area contributed by atoms with Crippen LogP contribution in [0.2, 0.25) is 0 Å². The maximum absolute atomic E-state index is 13.9. The predicted molar refractivity (Wildman–Crippen MR) is 131 cm³/mol. The first-order valence-electron chi connectivity index (χ1n) is 11.5. The van der Waals surface area contributed by atoms with Crippen molar-refractivity contribution in [3.05, 3.63) is 76.8 Å². The number of carbonyl (C=O) groups excluding carboxylic acids is 2. The van der Waals surface area contributed by atoms with Gasteiger partial charge in [-0.25, -0.2) is 30.0 Å². The second-order valence-corrected chi connectivity index (χ2v) is 8.70. The Hall–Kier alpha value is -4.59. The number of amides is 2. The van der Waals surface area contributed by atoms with Gasteiger partial charge in [0.2, 0.25) is 11.7 Å². The number of oxazole rings is 1. The van der Waals surface area contributed by atoms with Crippen LogP contribution >= 0.6 is 0 Å². The van der Waals surface area contributed by atoms with Crippen molar-refractivity contribution in [2.45, 2.75) is 38.7 Å². The highest BCUT2D eigenvalue weighted by Crippen LogP contribution is 2.39. The summed E-state index contributed by atoms with van der Waals surface area (Å²) in [7, 11) is 1.41. The topological polar surface area (TPSA) is 175 Å². The van der Waals surface area contributed by atoms with E-state index in [-0.39, 0.29) is 34.5 Å². The maximum Gasteiger partial charge on any atom is 0.413 e. The second-order valence-electron chi connectivity index (χ2n) is 8.70. The van der Waals surface area contributed by atoms with Crippen LogP contribution in [0.3, 0.4) is 0 Å². The van der Waals surface area contributed by atoms with E-state index < -0.39 is 29.9 Å². The van der Waals surface area contributed by atoms with E-state index in [1.54, 1.807) is 13.0 Å². The van der Waals surface area contributed by atoms with Crippen LogP contribution in [0.1, 0.15) is 65.2 Å². The molecule has 0 saturated heterocycles. The smallest absolute Gasteiger partial charge is 0.413 e. The number of aromatic nitrogens is 3. The third kappa shape index (κ3) is 6.03. The van der Waals surface area contributed by atoms with E-state index in [1.165, 1.54) is 26.2 Å². The van der Waals surface area contributed by atoms with Crippen LogP contribution < -0.4 is 22.2 Å². The number of alkyl carbamates (subject to hydrolysis) is 1. The van der Waals surface area contributed by atoms with Crippen molar-refractivity contribution in [2.75, 3.05) is 12.4 Å². The molecule has 1 unspecified atom stereocenters. The molecule has 0 aromatic carbocycles. The molecule has 1 aliphatic rings. The molecular formula is C24H26F2N8O4. The van der Waals surface area contributed by atoms with E-state index in [9.17, 15) is 18.4 Å². The molecule has 12 nitrogen and oxygen atoms in total. The van der Waals surface area contributed by atoms with Crippen LogP contribution in [0.5, 0.6) is 0 Å². The number of nitrogens with one attached hydrogen (secondary N) is 2. The zero-order valence-corrected chi connectivity index (χ0v) is 20.8. The quantitative estimate of drug-likeness (QED) is 0.193. The van der Waals surface area contributed by atoms with Crippen LogP contribution in [0.25, 0.3) is 5.70 Å². The van der Waals surface area contributed by atoms with Crippen LogP contribution in [-0.4, -0.2) is 39.0 Å². The lowest BCUT2D eigenvalue weighted by Gasteiger charge is -2.21. The molecular weight excluding hydrogens is 502 g/mol. The fourth-order valence-electron chi connectivity index (χ4n) is 3.48. The number of hydrogen-bond acceptors (Lipinski definition) is 10. The molecule has 38 heavy (non-hydrogen) atoms. The number of nitrogens with zero attached hydrogens (tertiary/aromatic N) is 4. The van der Waals surface area contributed by atoms with Crippen molar-refractivity contribution in [3.63, 3.8) is 0 Å². The molecule has 0 bridgehead atoms. The standard InChI is InChI=1S/C24H26F2N8O4/c1-11-16(32-22(35)18-10-30-23(38-18)13-4-5-13)6-7-17(31-11)19(27)21(34(3)28)33-24(36)37-12(2)15-8-14(25)9-29-20(15)26/h6-10,12-13H,4-5,27-28H2,1-3H3,(H,32,35)(H,33,36)/b21-19-. The molecule has 3 aromatic heterocycles. The molecule has 6 N–H and O–H groups in total. The number of anilines is 1. The van der Waals surface area contributed by atoms with Gasteiger partial charge in [0.15, 0.2) is 11.7 Å². The molecule has 1 atom stereocenters. The SMILES string of the molecule is Cc1nc(/C(N)=C(\NC(=O)OC(C)c2cc(F)cnc2F)N(C)N)ccc1NC(=O)c1cnc(C2CC2)o1. The van der Waals surface area contributed by atoms with E-state index in [0.717, 1.165) is 23.9 Å². The van der Waals surface area contributed by atoms with E-state index >= 15 is 0 Å². The normalized spacial score (nSPS) is 14.4. The fraction of sp³-hybridized carbons (Fsp3) is 0.292. The van der Waals surface area contributed by atoms with E-state index in [1.807, 2.05) is 0 Å². The number of hydrazine groups is 1. The molecule has 1 aliphatic carbocycles. The van der Waals surface area contributed by atoms with Gasteiger partial charge in [0.1, 0.15) is 17.6 Å². The first kappa shape index (κ1) is 26.5. The largest absolute Gasteiger partial charge is 0.441 e. The number of aryl methyl sites for hydroxylation is 1.